The van der Waals surface area contributed by atoms with Gasteiger partial charge in [-0.05, 0) is 18.1 Å². The van der Waals surface area contributed by atoms with Crippen LogP contribution >= 0.6 is 0 Å². The monoisotopic (exact) mass is 239 g/mol. The van der Waals surface area contributed by atoms with Crippen LogP contribution in [-0.2, 0) is 4.79 Å². The fourth-order valence-electron chi connectivity index (χ4n) is 2.11. The largest absolute Gasteiger partial charge is 0.370 e. The molecule has 2 rings (SSSR count). The minimum Gasteiger partial charge on any atom is -0.370 e. The molecule has 2 aromatic rings. The maximum absolute atomic E-state index is 11.2. The maximum Gasteiger partial charge on any atom is 0.218 e. The third-order valence-corrected chi connectivity index (χ3v) is 3.09. The summed E-state index contributed by atoms with van der Waals surface area (Å²) in [6.45, 7) is 2.05. The summed E-state index contributed by atoms with van der Waals surface area (Å²) in [5.74, 6) is -0.228. The highest BCUT2D eigenvalue weighted by Gasteiger charge is 2.16. The van der Waals surface area contributed by atoms with Crippen LogP contribution in [0, 0.1) is 6.92 Å². The quantitative estimate of drug-likeness (QED) is 0.875. The number of rotatable bonds is 4. The van der Waals surface area contributed by atoms with Crippen molar-refractivity contribution in [1.29, 1.82) is 0 Å². The first-order valence-electron chi connectivity index (χ1n) is 6.06. The molecule has 0 fully saturated rings. The van der Waals surface area contributed by atoms with E-state index in [0.717, 1.165) is 11.1 Å². The fourth-order valence-corrected chi connectivity index (χ4v) is 2.11. The van der Waals surface area contributed by atoms with Gasteiger partial charge in [-0.25, -0.2) is 0 Å². The van der Waals surface area contributed by atoms with Crippen LogP contribution in [0.5, 0.6) is 0 Å². The molecule has 0 radical (unpaired) electrons. The number of primary amides is 1. The zero-order valence-electron chi connectivity index (χ0n) is 10.5. The molecule has 2 aromatic carbocycles. The lowest BCUT2D eigenvalue weighted by Crippen LogP contribution is -2.16. The van der Waals surface area contributed by atoms with Gasteiger partial charge in [-0.3, -0.25) is 4.79 Å². The second kappa shape index (κ2) is 5.50. The van der Waals surface area contributed by atoms with Gasteiger partial charge in [-0.1, -0.05) is 60.2 Å². The number of benzene rings is 2. The molecule has 1 amide bonds. The van der Waals surface area contributed by atoms with E-state index in [2.05, 4.69) is 31.2 Å². The Morgan fingerprint density at radius 3 is 2.11 bits per heavy atom. The summed E-state index contributed by atoms with van der Waals surface area (Å²) < 4.78 is 0. The van der Waals surface area contributed by atoms with Gasteiger partial charge in [-0.2, -0.15) is 0 Å². The lowest BCUT2D eigenvalue weighted by Gasteiger charge is -2.16. The van der Waals surface area contributed by atoms with E-state index < -0.39 is 0 Å². The predicted molar refractivity (Wildman–Crippen MR) is 73.3 cm³/mol. The van der Waals surface area contributed by atoms with Crippen LogP contribution in [0.1, 0.15) is 29.0 Å². The normalized spacial score (nSPS) is 12.1. The number of nitrogens with two attached hydrogens (primary N) is 1. The van der Waals surface area contributed by atoms with Crippen molar-refractivity contribution >= 4 is 5.91 Å². The molecule has 2 nitrogen and oxygen atoms in total. The highest BCUT2D eigenvalue weighted by molar-refractivity contribution is 5.75. The zero-order valence-corrected chi connectivity index (χ0v) is 10.5. The second-order valence-corrected chi connectivity index (χ2v) is 4.54. The van der Waals surface area contributed by atoms with Crippen LogP contribution < -0.4 is 5.73 Å². The summed E-state index contributed by atoms with van der Waals surface area (Å²) in [6.07, 6.45) is 0.340. The molecule has 0 aliphatic carbocycles. The fraction of sp³-hybridized carbons (Fsp3) is 0.188. The van der Waals surface area contributed by atoms with E-state index in [-0.39, 0.29) is 11.8 Å². The zero-order chi connectivity index (χ0) is 13.0. The van der Waals surface area contributed by atoms with E-state index in [1.807, 2.05) is 30.3 Å². The van der Waals surface area contributed by atoms with Crippen molar-refractivity contribution in [2.75, 3.05) is 0 Å². The van der Waals surface area contributed by atoms with Crippen LogP contribution in [0.4, 0.5) is 0 Å². The van der Waals surface area contributed by atoms with Gasteiger partial charge in [0.2, 0.25) is 5.91 Å². The Kier molecular flexibility index (Phi) is 3.78. The maximum atomic E-state index is 11.2. The van der Waals surface area contributed by atoms with Crippen LogP contribution in [0.25, 0.3) is 0 Å². The highest BCUT2D eigenvalue weighted by Crippen LogP contribution is 2.27. The molecule has 0 aromatic heterocycles. The number of carbonyl (C=O) groups excluding carboxylic acids is 1. The SMILES string of the molecule is Cc1ccc(C(CC(N)=O)c2ccccc2)cc1. The third kappa shape index (κ3) is 2.98. The molecular weight excluding hydrogens is 222 g/mol. The van der Waals surface area contributed by atoms with Gasteiger partial charge < -0.3 is 5.73 Å². The molecule has 18 heavy (non-hydrogen) atoms. The van der Waals surface area contributed by atoms with Crippen LogP contribution in [-0.4, -0.2) is 5.91 Å². The molecule has 0 saturated heterocycles. The summed E-state index contributed by atoms with van der Waals surface area (Å²) in [4.78, 5) is 11.2. The summed E-state index contributed by atoms with van der Waals surface area (Å²) in [5.41, 5.74) is 8.83. The minimum absolute atomic E-state index is 0.0456. The van der Waals surface area contributed by atoms with Crippen LogP contribution in [0.15, 0.2) is 54.6 Å². The number of carbonyl (C=O) groups is 1. The minimum atomic E-state index is -0.274. The standard InChI is InChI=1S/C16H17NO/c1-12-7-9-14(10-8-12)15(11-16(17)18)13-5-3-2-4-6-13/h2-10,15H,11H2,1H3,(H2,17,18). The van der Waals surface area contributed by atoms with Gasteiger partial charge >= 0.3 is 0 Å². The van der Waals surface area contributed by atoms with Crippen molar-refractivity contribution in [2.24, 2.45) is 5.73 Å². The Balaban J connectivity index is 2.36. The van der Waals surface area contributed by atoms with Crippen LogP contribution in [0.3, 0.4) is 0 Å². The summed E-state index contributed by atoms with van der Waals surface area (Å²) >= 11 is 0. The first-order valence-corrected chi connectivity index (χ1v) is 6.06. The summed E-state index contributed by atoms with van der Waals surface area (Å²) in [7, 11) is 0. The topological polar surface area (TPSA) is 43.1 Å². The Bertz CT molecular complexity index is 517. The van der Waals surface area contributed by atoms with Gasteiger partial charge in [0.05, 0.1) is 0 Å². The predicted octanol–water partition coefficient (Wildman–Crippen LogP) is 3.00. The molecule has 1 atom stereocenters. The van der Waals surface area contributed by atoms with E-state index in [9.17, 15) is 4.79 Å². The number of hydrogen-bond donors (Lipinski definition) is 1. The Labute approximate surface area is 107 Å². The Hall–Kier alpha value is -2.09. The molecule has 1 unspecified atom stereocenters. The lowest BCUT2D eigenvalue weighted by molar-refractivity contribution is -0.118. The molecule has 2 heteroatoms. The van der Waals surface area contributed by atoms with E-state index in [4.69, 9.17) is 5.73 Å². The third-order valence-electron chi connectivity index (χ3n) is 3.09. The van der Waals surface area contributed by atoms with E-state index in [1.54, 1.807) is 0 Å². The van der Waals surface area contributed by atoms with Gasteiger partial charge in [0.25, 0.3) is 0 Å². The molecule has 0 aliphatic rings. The van der Waals surface area contributed by atoms with Gasteiger partial charge in [0.1, 0.15) is 0 Å². The summed E-state index contributed by atoms with van der Waals surface area (Å²) in [6, 6.07) is 18.3. The van der Waals surface area contributed by atoms with Crippen molar-refractivity contribution < 1.29 is 4.79 Å². The highest BCUT2D eigenvalue weighted by atomic mass is 16.1. The molecule has 0 aliphatic heterocycles. The number of amides is 1. The second-order valence-electron chi connectivity index (χ2n) is 4.54. The number of hydrogen-bond acceptors (Lipinski definition) is 1. The smallest absolute Gasteiger partial charge is 0.218 e. The Morgan fingerprint density at radius 1 is 1.00 bits per heavy atom. The van der Waals surface area contributed by atoms with Crippen molar-refractivity contribution in [3.63, 3.8) is 0 Å². The van der Waals surface area contributed by atoms with Crippen molar-refractivity contribution in [3.05, 3.63) is 71.3 Å². The molecule has 92 valence electrons. The molecule has 0 saturated carbocycles. The average molecular weight is 239 g/mol. The summed E-state index contributed by atoms with van der Waals surface area (Å²) in [5, 5.41) is 0. The van der Waals surface area contributed by atoms with Gasteiger partial charge in [0.15, 0.2) is 0 Å². The van der Waals surface area contributed by atoms with Crippen molar-refractivity contribution in [3.8, 4) is 0 Å². The molecule has 0 bridgehead atoms. The lowest BCUT2D eigenvalue weighted by atomic mass is 9.88. The number of aryl methyl sites for hydroxylation is 1. The van der Waals surface area contributed by atoms with Crippen LogP contribution in [0.2, 0.25) is 0 Å². The average Bonchev–Trinajstić information content (AvgIpc) is 2.38. The van der Waals surface area contributed by atoms with E-state index in [0.29, 0.717) is 6.42 Å². The Morgan fingerprint density at radius 2 is 1.56 bits per heavy atom. The van der Waals surface area contributed by atoms with Gasteiger partial charge in [0, 0.05) is 12.3 Å². The van der Waals surface area contributed by atoms with Gasteiger partial charge in [-0.15, -0.1) is 0 Å². The molecular formula is C16H17NO. The van der Waals surface area contributed by atoms with Crippen molar-refractivity contribution in [2.45, 2.75) is 19.3 Å². The van der Waals surface area contributed by atoms with E-state index in [1.165, 1.54) is 5.56 Å². The van der Waals surface area contributed by atoms with E-state index >= 15 is 0 Å². The molecule has 0 heterocycles. The first-order chi connectivity index (χ1) is 8.66. The molecule has 0 spiro atoms. The molecule has 2 N–H and O–H groups in total. The van der Waals surface area contributed by atoms with Crippen molar-refractivity contribution in [1.82, 2.24) is 0 Å². The first kappa shape index (κ1) is 12.4.